The van der Waals surface area contributed by atoms with Crippen LogP contribution >= 0.6 is 0 Å². The summed E-state index contributed by atoms with van der Waals surface area (Å²) in [6, 6.07) is 11.5. The molecule has 0 saturated heterocycles. The van der Waals surface area contributed by atoms with Gasteiger partial charge in [0, 0.05) is 6.42 Å². The molecule has 0 spiro atoms. The number of benzene rings is 2. The third-order valence-electron chi connectivity index (χ3n) is 4.22. The van der Waals surface area contributed by atoms with Crippen LogP contribution in [0.5, 0.6) is 17.2 Å². The minimum atomic E-state index is -0.283. The zero-order valence-corrected chi connectivity index (χ0v) is 13.0. The molecule has 2 aromatic carbocycles. The quantitative estimate of drug-likeness (QED) is 0.802. The van der Waals surface area contributed by atoms with Gasteiger partial charge in [0.2, 0.25) is 0 Å². The molecule has 1 atom stereocenters. The smallest absolute Gasteiger partial charge is 0.170 e. The van der Waals surface area contributed by atoms with Crippen molar-refractivity contribution in [1.29, 1.82) is 0 Å². The number of carbonyl (C=O) groups excluding carboxylic acids is 1. The lowest BCUT2D eigenvalue weighted by Gasteiger charge is -2.26. The van der Waals surface area contributed by atoms with Gasteiger partial charge in [0.1, 0.15) is 11.9 Å². The maximum absolute atomic E-state index is 12.4. The number of hydrogen-bond donors (Lipinski definition) is 0. The van der Waals surface area contributed by atoms with Gasteiger partial charge in [-0.3, -0.25) is 4.79 Å². The minimum Gasteiger partial charge on any atom is -0.490 e. The van der Waals surface area contributed by atoms with Gasteiger partial charge in [-0.1, -0.05) is 17.7 Å². The highest BCUT2D eigenvalue weighted by Crippen LogP contribution is 2.38. The molecular formula is C19H18O4. The molecule has 4 heteroatoms. The van der Waals surface area contributed by atoms with Crippen molar-refractivity contribution in [2.45, 2.75) is 25.9 Å². The second-order valence-electron chi connectivity index (χ2n) is 5.99. The fourth-order valence-electron chi connectivity index (χ4n) is 3.00. The Hall–Kier alpha value is -2.49. The molecule has 0 fully saturated rings. The predicted molar refractivity (Wildman–Crippen MR) is 85.5 cm³/mol. The van der Waals surface area contributed by atoms with E-state index in [0.717, 1.165) is 29.0 Å². The zero-order valence-electron chi connectivity index (χ0n) is 13.0. The maximum atomic E-state index is 12.4. The average Bonchev–Trinajstić information content (AvgIpc) is 2.80. The third kappa shape index (κ3) is 2.65. The molecule has 0 unspecified atom stereocenters. The van der Waals surface area contributed by atoms with Crippen molar-refractivity contribution in [3.05, 3.63) is 53.1 Å². The summed E-state index contributed by atoms with van der Waals surface area (Å²) < 4.78 is 17.4. The van der Waals surface area contributed by atoms with E-state index in [1.165, 1.54) is 0 Å². The maximum Gasteiger partial charge on any atom is 0.170 e. The number of ketones is 1. The average molecular weight is 310 g/mol. The number of carbonyl (C=O) groups is 1. The lowest BCUT2D eigenvalue weighted by Crippen LogP contribution is -2.20. The van der Waals surface area contributed by atoms with Crippen LogP contribution in [0.1, 0.15) is 40.4 Å². The molecule has 0 bridgehead atoms. The second-order valence-corrected chi connectivity index (χ2v) is 5.99. The molecule has 0 amide bonds. The van der Waals surface area contributed by atoms with Crippen LogP contribution < -0.4 is 14.2 Å². The van der Waals surface area contributed by atoms with Gasteiger partial charge in [0.25, 0.3) is 0 Å². The Kier molecular flexibility index (Phi) is 3.45. The molecule has 2 aliphatic rings. The Balaban J connectivity index is 1.65. The van der Waals surface area contributed by atoms with Crippen LogP contribution in [-0.2, 0) is 0 Å². The summed E-state index contributed by atoms with van der Waals surface area (Å²) in [6.07, 6.45) is 0.931. The molecule has 0 saturated carbocycles. The highest BCUT2D eigenvalue weighted by atomic mass is 16.5. The molecule has 0 aromatic heterocycles. The molecule has 23 heavy (non-hydrogen) atoms. The first-order valence-corrected chi connectivity index (χ1v) is 7.91. The van der Waals surface area contributed by atoms with E-state index in [2.05, 4.69) is 0 Å². The number of hydrogen-bond acceptors (Lipinski definition) is 4. The van der Waals surface area contributed by atoms with Gasteiger partial charge >= 0.3 is 0 Å². The van der Waals surface area contributed by atoms with Gasteiger partial charge < -0.3 is 14.2 Å². The van der Waals surface area contributed by atoms with Crippen molar-refractivity contribution < 1.29 is 19.0 Å². The summed E-state index contributed by atoms with van der Waals surface area (Å²) >= 11 is 0. The summed E-state index contributed by atoms with van der Waals surface area (Å²) in [6.45, 7) is 3.28. The van der Waals surface area contributed by atoms with Gasteiger partial charge in [-0.05, 0) is 36.8 Å². The topological polar surface area (TPSA) is 44.8 Å². The van der Waals surface area contributed by atoms with E-state index in [-0.39, 0.29) is 11.9 Å². The lowest BCUT2D eigenvalue weighted by atomic mass is 9.95. The molecule has 4 rings (SSSR count). The van der Waals surface area contributed by atoms with Crippen LogP contribution in [-0.4, -0.2) is 19.0 Å². The van der Waals surface area contributed by atoms with E-state index < -0.39 is 0 Å². The SMILES string of the molecule is Cc1ccc2c(c1)C(=O)C[C@@H](c1ccc3c(c1)OCCCO3)O2. The Morgan fingerprint density at radius 3 is 2.61 bits per heavy atom. The molecule has 4 nitrogen and oxygen atoms in total. The van der Waals surface area contributed by atoms with Crippen LogP contribution in [0.3, 0.4) is 0 Å². The van der Waals surface area contributed by atoms with Gasteiger partial charge in [-0.2, -0.15) is 0 Å². The Morgan fingerprint density at radius 2 is 1.74 bits per heavy atom. The van der Waals surface area contributed by atoms with E-state index >= 15 is 0 Å². The molecule has 0 N–H and O–H groups in total. The van der Waals surface area contributed by atoms with Crippen molar-refractivity contribution in [1.82, 2.24) is 0 Å². The van der Waals surface area contributed by atoms with Gasteiger partial charge in [0.15, 0.2) is 17.3 Å². The summed E-state index contributed by atoms with van der Waals surface area (Å²) in [5, 5.41) is 0. The molecular weight excluding hydrogens is 292 g/mol. The number of aryl methyl sites for hydroxylation is 1. The lowest BCUT2D eigenvalue weighted by molar-refractivity contribution is 0.0849. The van der Waals surface area contributed by atoms with E-state index in [0.29, 0.717) is 30.9 Å². The van der Waals surface area contributed by atoms with Gasteiger partial charge in [0.05, 0.1) is 25.2 Å². The van der Waals surface area contributed by atoms with Crippen LogP contribution in [0.4, 0.5) is 0 Å². The fraction of sp³-hybridized carbons (Fsp3) is 0.316. The van der Waals surface area contributed by atoms with Crippen molar-refractivity contribution in [2.24, 2.45) is 0 Å². The number of fused-ring (bicyclic) bond motifs is 2. The predicted octanol–water partition coefficient (Wildman–Crippen LogP) is 3.86. The van der Waals surface area contributed by atoms with Gasteiger partial charge in [-0.25, -0.2) is 0 Å². The van der Waals surface area contributed by atoms with E-state index in [4.69, 9.17) is 14.2 Å². The standard InChI is InChI=1S/C19H18O4/c1-12-3-5-16-14(9-12)15(20)11-18(23-16)13-4-6-17-19(10-13)22-8-2-7-21-17/h3-6,9-10,18H,2,7-8,11H2,1H3/t18-/m0/s1. The first-order chi connectivity index (χ1) is 11.2. The summed E-state index contributed by atoms with van der Waals surface area (Å²) in [5.74, 6) is 2.26. The summed E-state index contributed by atoms with van der Waals surface area (Å²) in [5.41, 5.74) is 2.68. The Morgan fingerprint density at radius 1 is 0.957 bits per heavy atom. The first kappa shape index (κ1) is 14.1. The van der Waals surface area contributed by atoms with Crippen LogP contribution in [0.2, 0.25) is 0 Å². The zero-order chi connectivity index (χ0) is 15.8. The fourth-order valence-corrected chi connectivity index (χ4v) is 3.00. The van der Waals surface area contributed by atoms with Crippen molar-refractivity contribution in [3.63, 3.8) is 0 Å². The first-order valence-electron chi connectivity index (χ1n) is 7.91. The highest BCUT2D eigenvalue weighted by Gasteiger charge is 2.28. The third-order valence-corrected chi connectivity index (χ3v) is 4.22. The monoisotopic (exact) mass is 310 g/mol. The second kappa shape index (κ2) is 5.61. The normalized spacial score (nSPS) is 19.5. The molecule has 118 valence electrons. The molecule has 2 heterocycles. The highest BCUT2D eigenvalue weighted by molar-refractivity contribution is 6.00. The number of rotatable bonds is 1. The van der Waals surface area contributed by atoms with Crippen LogP contribution in [0, 0.1) is 6.92 Å². The van der Waals surface area contributed by atoms with E-state index in [1.54, 1.807) is 0 Å². The van der Waals surface area contributed by atoms with Crippen LogP contribution in [0.25, 0.3) is 0 Å². The molecule has 2 aromatic rings. The summed E-state index contributed by atoms with van der Waals surface area (Å²) in [4.78, 5) is 12.4. The molecule has 0 aliphatic carbocycles. The van der Waals surface area contributed by atoms with Crippen molar-refractivity contribution >= 4 is 5.78 Å². The summed E-state index contributed by atoms with van der Waals surface area (Å²) in [7, 11) is 0. The largest absolute Gasteiger partial charge is 0.490 e. The molecule has 0 radical (unpaired) electrons. The minimum absolute atomic E-state index is 0.118. The van der Waals surface area contributed by atoms with Gasteiger partial charge in [-0.15, -0.1) is 0 Å². The van der Waals surface area contributed by atoms with Crippen molar-refractivity contribution in [2.75, 3.05) is 13.2 Å². The number of Topliss-reactive ketones (excluding diaryl/α,β-unsaturated/α-hetero) is 1. The molecule has 2 aliphatic heterocycles. The van der Waals surface area contributed by atoms with E-state index in [9.17, 15) is 4.79 Å². The van der Waals surface area contributed by atoms with Crippen molar-refractivity contribution in [3.8, 4) is 17.2 Å². The van der Waals surface area contributed by atoms with E-state index in [1.807, 2.05) is 43.3 Å². The Bertz CT molecular complexity index is 766. The van der Waals surface area contributed by atoms with Crippen LogP contribution in [0.15, 0.2) is 36.4 Å². The number of ether oxygens (including phenoxy) is 3. The Labute approximate surface area is 135 Å².